The molecule has 1 heterocycles. The summed E-state index contributed by atoms with van der Waals surface area (Å²) >= 11 is 1.33. The van der Waals surface area contributed by atoms with Gasteiger partial charge in [0.2, 0.25) is 0 Å². The number of carbonyl (C=O) groups is 2. The summed E-state index contributed by atoms with van der Waals surface area (Å²) in [6, 6.07) is 26.0. The monoisotopic (exact) mass is 469 g/mol. The molecule has 1 aliphatic carbocycles. The number of ether oxygens (including phenoxy) is 2. The molecule has 1 aliphatic rings. The zero-order valence-corrected chi connectivity index (χ0v) is 19.6. The van der Waals surface area contributed by atoms with Crippen LogP contribution in [0.1, 0.15) is 32.3 Å². The topological polar surface area (TPSA) is 64.6 Å². The Bertz CT molecular complexity index is 1330. The van der Waals surface area contributed by atoms with Gasteiger partial charge in [-0.25, -0.2) is 9.59 Å². The van der Waals surface area contributed by atoms with Crippen LogP contribution in [0.25, 0.3) is 22.3 Å². The van der Waals surface area contributed by atoms with E-state index in [0.717, 1.165) is 27.1 Å². The summed E-state index contributed by atoms with van der Waals surface area (Å²) in [7, 11) is 1.33. The predicted molar refractivity (Wildman–Crippen MR) is 135 cm³/mol. The molecule has 170 valence electrons. The summed E-state index contributed by atoms with van der Waals surface area (Å²) in [5.41, 5.74) is 6.60. The number of hydrogen-bond acceptors (Lipinski definition) is 5. The van der Waals surface area contributed by atoms with Gasteiger partial charge < -0.3 is 9.47 Å². The first kappa shape index (κ1) is 21.9. The van der Waals surface area contributed by atoms with Crippen LogP contribution in [-0.4, -0.2) is 25.8 Å². The fourth-order valence-corrected chi connectivity index (χ4v) is 5.66. The van der Waals surface area contributed by atoms with Gasteiger partial charge in [-0.05, 0) is 34.7 Å². The van der Waals surface area contributed by atoms with Gasteiger partial charge in [-0.3, -0.25) is 5.32 Å². The molecule has 1 amide bonds. The molecular weight excluding hydrogens is 446 g/mol. The van der Waals surface area contributed by atoms with Crippen molar-refractivity contribution in [2.45, 2.75) is 12.8 Å². The summed E-state index contributed by atoms with van der Waals surface area (Å²) in [4.78, 5) is 26.4. The Balaban J connectivity index is 1.38. The van der Waals surface area contributed by atoms with Crippen molar-refractivity contribution in [3.8, 4) is 22.3 Å². The van der Waals surface area contributed by atoms with Gasteiger partial charge in [0.1, 0.15) is 17.2 Å². The summed E-state index contributed by atoms with van der Waals surface area (Å²) in [5, 5.41) is 3.20. The molecule has 0 saturated carbocycles. The quantitative estimate of drug-likeness (QED) is 0.324. The van der Waals surface area contributed by atoms with Crippen LogP contribution in [-0.2, 0) is 9.47 Å². The number of carbonyl (C=O) groups excluding carboxylic acids is 2. The lowest BCUT2D eigenvalue weighted by Crippen LogP contribution is -2.18. The highest BCUT2D eigenvalue weighted by atomic mass is 32.1. The number of aryl methyl sites for hydroxylation is 1. The molecule has 1 aromatic heterocycles. The van der Waals surface area contributed by atoms with E-state index in [2.05, 4.69) is 29.6 Å². The number of fused-ring (bicyclic) bond motifs is 3. The Morgan fingerprint density at radius 1 is 0.882 bits per heavy atom. The number of anilines is 1. The Morgan fingerprint density at radius 3 is 2.09 bits per heavy atom. The third kappa shape index (κ3) is 3.86. The minimum absolute atomic E-state index is 0.0387. The lowest BCUT2D eigenvalue weighted by atomic mass is 9.98. The number of benzene rings is 3. The maximum absolute atomic E-state index is 12.8. The lowest BCUT2D eigenvalue weighted by molar-refractivity contribution is 0.0603. The Hall–Kier alpha value is -3.90. The number of esters is 1. The minimum Gasteiger partial charge on any atom is -0.465 e. The van der Waals surface area contributed by atoms with Crippen molar-refractivity contribution < 1.29 is 19.1 Å². The van der Waals surface area contributed by atoms with Crippen LogP contribution in [0.15, 0.2) is 78.9 Å². The van der Waals surface area contributed by atoms with Crippen molar-refractivity contribution in [1.29, 1.82) is 0 Å². The van der Waals surface area contributed by atoms with Crippen molar-refractivity contribution in [3.05, 3.63) is 100 Å². The summed E-state index contributed by atoms with van der Waals surface area (Å²) in [6.07, 6.45) is -0.604. The van der Waals surface area contributed by atoms with Crippen LogP contribution in [0.3, 0.4) is 0 Å². The smallest absolute Gasteiger partial charge is 0.412 e. The third-order valence-corrected chi connectivity index (χ3v) is 7.12. The first-order valence-electron chi connectivity index (χ1n) is 11.0. The Kier molecular flexibility index (Phi) is 5.90. The number of nitrogens with one attached hydrogen (secondary N) is 1. The molecule has 0 fully saturated rings. The number of methoxy groups -OCH3 is 1. The van der Waals surface area contributed by atoms with Crippen molar-refractivity contribution in [3.63, 3.8) is 0 Å². The molecule has 0 spiro atoms. The van der Waals surface area contributed by atoms with Crippen LogP contribution >= 0.6 is 11.3 Å². The minimum atomic E-state index is -0.604. The molecule has 0 unspecified atom stereocenters. The van der Waals surface area contributed by atoms with E-state index in [0.29, 0.717) is 10.6 Å². The molecule has 0 radical (unpaired) electrons. The van der Waals surface area contributed by atoms with Crippen molar-refractivity contribution in [1.82, 2.24) is 0 Å². The highest BCUT2D eigenvalue weighted by Crippen LogP contribution is 2.45. The van der Waals surface area contributed by atoms with Crippen LogP contribution in [0.4, 0.5) is 9.80 Å². The average molecular weight is 470 g/mol. The van der Waals surface area contributed by atoms with E-state index in [9.17, 15) is 9.59 Å². The van der Waals surface area contributed by atoms with Crippen LogP contribution in [0.2, 0.25) is 0 Å². The predicted octanol–water partition coefficient (Wildman–Crippen LogP) is 6.87. The number of amides is 1. The molecule has 5 rings (SSSR count). The van der Waals surface area contributed by atoms with E-state index >= 15 is 0 Å². The van der Waals surface area contributed by atoms with Gasteiger partial charge >= 0.3 is 12.1 Å². The van der Waals surface area contributed by atoms with Crippen LogP contribution < -0.4 is 5.32 Å². The van der Waals surface area contributed by atoms with Gasteiger partial charge in [-0.1, -0.05) is 78.9 Å². The molecule has 34 heavy (non-hydrogen) atoms. The van der Waals surface area contributed by atoms with Crippen molar-refractivity contribution >= 4 is 28.4 Å². The SMILES string of the molecule is COC(=O)c1c(NC(=O)OCC2c3ccccc3-c3ccccc32)sc(C)c1-c1ccccc1. The molecule has 0 saturated heterocycles. The van der Waals surface area contributed by atoms with Gasteiger partial charge in [-0.2, -0.15) is 0 Å². The third-order valence-electron chi connectivity index (χ3n) is 6.10. The molecule has 0 aliphatic heterocycles. The van der Waals surface area contributed by atoms with Crippen LogP contribution in [0.5, 0.6) is 0 Å². The zero-order chi connectivity index (χ0) is 23.7. The van der Waals surface area contributed by atoms with Gasteiger partial charge in [0.15, 0.2) is 0 Å². The zero-order valence-electron chi connectivity index (χ0n) is 18.8. The van der Waals surface area contributed by atoms with Gasteiger partial charge in [0.25, 0.3) is 0 Å². The highest BCUT2D eigenvalue weighted by molar-refractivity contribution is 7.17. The number of hydrogen-bond donors (Lipinski definition) is 1. The van der Waals surface area contributed by atoms with Crippen LogP contribution in [0, 0.1) is 6.92 Å². The summed E-state index contributed by atoms with van der Waals surface area (Å²) in [5.74, 6) is -0.541. The van der Waals surface area contributed by atoms with E-state index in [1.807, 2.05) is 61.5 Å². The van der Waals surface area contributed by atoms with Crippen molar-refractivity contribution in [2.24, 2.45) is 0 Å². The molecule has 4 aromatic rings. The van der Waals surface area contributed by atoms with E-state index in [-0.39, 0.29) is 12.5 Å². The van der Waals surface area contributed by atoms with Gasteiger partial charge in [-0.15, -0.1) is 11.3 Å². The summed E-state index contributed by atoms with van der Waals surface area (Å²) < 4.78 is 10.7. The molecular formula is C28H23NO4S. The first-order chi connectivity index (χ1) is 16.6. The highest BCUT2D eigenvalue weighted by Gasteiger charge is 2.30. The standard InChI is InChI=1S/C28H23NO4S/c1-17-24(18-10-4-3-5-11-18)25(27(30)32-2)26(34-17)29-28(31)33-16-23-21-14-8-6-12-19(21)20-13-7-9-15-22(20)23/h3-15,23H,16H2,1-2H3,(H,29,31). The normalized spacial score (nSPS) is 12.1. The fraction of sp³-hybridized carbons (Fsp3) is 0.143. The van der Waals surface area contributed by atoms with Crippen molar-refractivity contribution in [2.75, 3.05) is 19.0 Å². The number of rotatable bonds is 5. The van der Waals surface area contributed by atoms with E-state index in [1.165, 1.54) is 29.6 Å². The first-order valence-corrected chi connectivity index (χ1v) is 11.8. The second-order valence-corrected chi connectivity index (χ2v) is 9.27. The second kappa shape index (κ2) is 9.15. The Morgan fingerprint density at radius 2 is 1.47 bits per heavy atom. The molecule has 0 bridgehead atoms. The van der Waals surface area contributed by atoms with E-state index < -0.39 is 12.1 Å². The van der Waals surface area contributed by atoms with E-state index in [1.54, 1.807) is 0 Å². The molecule has 5 nitrogen and oxygen atoms in total. The summed E-state index contributed by atoms with van der Waals surface area (Å²) in [6.45, 7) is 2.12. The average Bonchev–Trinajstić information content (AvgIpc) is 3.37. The molecule has 3 aromatic carbocycles. The molecule has 0 atom stereocenters. The maximum Gasteiger partial charge on any atom is 0.412 e. The fourth-order valence-electron chi connectivity index (χ4n) is 4.61. The largest absolute Gasteiger partial charge is 0.465 e. The van der Waals surface area contributed by atoms with E-state index in [4.69, 9.17) is 9.47 Å². The maximum atomic E-state index is 12.8. The van der Waals surface area contributed by atoms with Gasteiger partial charge in [0, 0.05) is 16.4 Å². The lowest BCUT2D eigenvalue weighted by Gasteiger charge is -2.14. The molecule has 6 heteroatoms. The Labute approximate surface area is 202 Å². The van der Waals surface area contributed by atoms with Gasteiger partial charge in [0.05, 0.1) is 7.11 Å². The number of thiophene rings is 1. The second-order valence-electron chi connectivity index (χ2n) is 8.05. The molecule has 1 N–H and O–H groups in total.